The molecule has 3 aliphatic carbocycles. The van der Waals surface area contributed by atoms with Gasteiger partial charge in [-0.1, -0.05) is 30.4 Å². The molecule has 0 aliphatic heterocycles. The van der Waals surface area contributed by atoms with Gasteiger partial charge in [0.1, 0.15) is 6.10 Å². The standard InChI is InChI=1S/C14H16O2/c1-9(15)16-14-8-5-10-3-2-4-13(14)12-7-6-11(10)12/h2,4-8,10-14H,3H2,1H3/t10-,11+,12+,13-,14+/m1/s1/i3D/t3-,10-,11+,12+,13-,14+. The molecule has 16 heavy (non-hydrogen) atoms. The van der Waals surface area contributed by atoms with E-state index >= 15 is 0 Å². The summed E-state index contributed by atoms with van der Waals surface area (Å²) < 4.78 is 13.4. The van der Waals surface area contributed by atoms with Crippen molar-refractivity contribution in [1.29, 1.82) is 0 Å². The first-order chi connectivity index (χ1) is 8.16. The predicted molar refractivity (Wildman–Crippen MR) is 61.6 cm³/mol. The largest absolute Gasteiger partial charge is 0.458 e. The van der Waals surface area contributed by atoms with Gasteiger partial charge in [-0.25, -0.2) is 0 Å². The molecule has 0 heterocycles. The van der Waals surface area contributed by atoms with Gasteiger partial charge >= 0.3 is 5.97 Å². The summed E-state index contributed by atoms with van der Waals surface area (Å²) in [7, 11) is 0. The van der Waals surface area contributed by atoms with E-state index in [2.05, 4.69) is 24.3 Å². The molecule has 3 rings (SSSR count). The zero-order valence-corrected chi connectivity index (χ0v) is 9.24. The maximum atomic E-state index is 11.1. The van der Waals surface area contributed by atoms with Gasteiger partial charge in [-0.05, 0) is 30.2 Å². The highest BCUT2D eigenvalue weighted by Gasteiger charge is 2.41. The summed E-state index contributed by atoms with van der Waals surface area (Å²) in [6.07, 6.45) is 12.1. The van der Waals surface area contributed by atoms with Crippen LogP contribution >= 0.6 is 0 Å². The highest BCUT2D eigenvalue weighted by molar-refractivity contribution is 5.66. The average molecular weight is 217 g/mol. The van der Waals surface area contributed by atoms with Crippen molar-refractivity contribution in [3.63, 3.8) is 0 Å². The van der Waals surface area contributed by atoms with E-state index < -0.39 is 0 Å². The minimum absolute atomic E-state index is 0.168. The summed E-state index contributed by atoms with van der Waals surface area (Å²) >= 11 is 0. The summed E-state index contributed by atoms with van der Waals surface area (Å²) in [5.41, 5.74) is 0. The molecule has 6 atom stereocenters. The number of ether oxygens (including phenoxy) is 1. The average Bonchev–Trinajstić information content (AvgIpc) is 2.37. The van der Waals surface area contributed by atoms with E-state index in [1.54, 1.807) is 0 Å². The molecule has 84 valence electrons. The van der Waals surface area contributed by atoms with Crippen molar-refractivity contribution in [2.75, 3.05) is 0 Å². The van der Waals surface area contributed by atoms with Gasteiger partial charge in [0.25, 0.3) is 0 Å². The molecule has 0 saturated carbocycles. The van der Waals surface area contributed by atoms with E-state index in [0.717, 1.165) is 0 Å². The van der Waals surface area contributed by atoms with Gasteiger partial charge in [-0.15, -0.1) is 0 Å². The minimum Gasteiger partial charge on any atom is -0.458 e. The summed E-state index contributed by atoms with van der Waals surface area (Å²) in [5, 5.41) is 0. The van der Waals surface area contributed by atoms with Crippen molar-refractivity contribution < 1.29 is 10.9 Å². The molecule has 2 heteroatoms. The van der Waals surface area contributed by atoms with Crippen LogP contribution in [-0.2, 0) is 9.53 Å². The number of rotatable bonds is 1. The highest BCUT2D eigenvalue weighted by Crippen LogP contribution is 2.46. The maximum Gasteiger partial charge on any atom is 0.303 e. The van der Waals surface area contributed by atoms with E-state index in [1.807, 2.05) is 12.2 Å². The topological polar surface area (TPSA) is 26.3 Å². The zero-order chi connectivity index (χ0) is 12.0. The molecule has 0 aromatic heterocycles. The van der Waals surface area contributed by atoms with Crippen LogP contribution in [0.4, 0.5) is 0 Å². The van der Waals surface area contributed by atoms with Crippen LogP contribution in [0.1, 0.15) is 14.7 Å². The molecule has 0 spiro atoms. The monoisotopic (exact) mass is 217 g/mol. The van der Waals surface area contributed by atoms with Gasteiger partial charge in [0.2, 0.25) is 0 Å². The second kappa shape index (κ2) is 3.62. The van der Waals surface area contributed by atoms with Gasteiger partial charge in [0.05, 0.1) is 0 Å². The SMILES string of the molecule is [2H][C@@H]1C=C[C@@H]2[C@H]3C=C[C@H]3[C@H]1C=C[C@@H]2OC(C)=O. The second-order valence-corrected chi connectivity index (χ2v) is 4.73. The summed E-state index contributed by atoms with van der Waals surface area (Å²) in [6, 6.07) is 0. The lowest BCUT2D eigenvalue weighted by Crippen LogP contribution is -2.34. The maximum absolute atomic E-state index is 11.1. The number of carbonyl (C=O) groups is 1. The number of hydrogen-bond acceptors (Lipinski definition) is 2. The molecule has 3 aliphatic rings. The van der Waals surface area contributed by atoms with Crippen molar-refractivity contribution in [3.05, 3.63) is 36.5 Å². The first kappa shape index (κ1) is 8.80. The molecule has 0 saturated heterocycles. The number of esters is 1. The van der Waals surface area contributed by atoms with E-state index in [0.29, 0.717) is 11.8 Å². The van der Waals surface area contributed by atoms with Gasteiger partial charge < -0.3 is 4.74 Å². The van der Waals surface area contributed by atoms with Crippen LogP contribution in [0.2, 0.25) is 0 Å². The first-order valence-electron chi connectivity index (χ1n) is 6.39. The Labute approximate surface area is 97.1 Å². The molecular formula is C14H16O2. The Hall–Kier alpha value is -1.31. The van der Waals surface area contributed by atoms with Crippen molar-refractivity contribution in [2.24, 2.45) is 23.7 Å². The van der Waals surface area contributed by atoms with E-state index in [9.17, 15) is 4.79 Å². The van der Waals surface area contributed by atoms with Crippen molar-refractivity contribution >= 4 is 5.97 Å². The number of carbonyl (C=O) groups excluding carboxylic acids is 1. The van der Waals surface area contributed by atoms with Crippen LogP contribution in [0.15, 0.2) is 36.5 Å². The summed E-state index contributed by atoms with van der Waals surface area (Å²) in [6.45, 7) is 1.45. The normalized spacial score (nSPS) is 48.7. The summed E-state index contributed by atoms with van der Waals surface area (Å²) in [4.78, 5) is 11.1. The van der Waals surface area contributed by atoms with Crippen molar-refractivity contribution in [1.82, 2.24) is 0 Å². The number of hydrogen-bond donors (Lipinski definition) is 0. The van der Waals surface area contributed by atoms with E-state index in [4.69, 9.17) is 6.11 Å². The highest BCUT2D eigenvalue weighted by atomic mass is 16.5. The quantitative estimate of drug-likeness (QED) is 0.498. The fraction of sp³-hybridized carbons (Fsp3) is 0.500. The lowest BCUT2D eigenvalue weighted by molar-refractivity contribution is -0.146. The van der Waals surface area contributed by atoms with E-state index in [-0.39, 0.29) is 30.3 Å². The molecule has 0 amide bonds. The Morgan fingerprint density at radius 3 is 2.69 bits per heavy atom. The third-order valence-corrected chi connectivity index (χ3v) is 3.76. The fourth-order valence-electron chi connectivity index (χ4n) is 2.91. The Bertz CT molecular complexity index is 424. The predicted octanol–water partition coefficient (Wildman–Crippen LogP) is 2.48. The molecular weight excluding hydrogens is 200 g/mol. The fourth-order valence-corrected chi connectivity index (χ4v) is 2.91. The van der Waals surface area contributed by atoms with Gasteiger partial charge in [0.15, 0.2) is 0 Å². The molecule has 0 aromatic carbocycles. The molecule has 0 aromatic rings. The van der Waals surface area contributed by atoms with Gasteiger partial charge in [-0.2, -0.15) is 0 Å². The van der Waals surface area contributed by atoms with E-state index in [1.165, 1.54) is 6.92 Å². The van der Waals surface area contributed by atoms with Crippen LogP contribution in [0.5, 0.6) is 0 Å². The zero-order valence-electron chi connectivity index (χ0n) is 10.2. The Morgan fingerprint density at radius 2 is 2.00 bits per heavy atom. The smallest absolute Gasteiger partial charge is 0.303 e. The molecule has 2 nitrogen and oxygen atoms in total. The van der Waals surface area contributed by atoms with Crippen molar-refractivity contribution in [2.45, 2.75) is 19.4 Å². The Kier molecular flexibility index (Phi) is 1.99. The first-order valence-corrected chi connectivity index (χ1v) is 5.81. The van der Waals surface area contributed by atoms with Crippen molar-refractivity contribution in [3.8, 4) is 0 Å². The minimum atomic E-state index is -0.237. The lowest BCUT2D eigenvalue weighted by atomic mass is 9.69. The summed E-state index contributed by atoms with van der Waals surface area (Å²) in [5.74, 6) is 1.05. The molecule has 0 unspecified atom stereocenters. The van der Waals surface area contributed by atoms with Crippen LogP contribution < -0.4 is 0 Å². The third-order valence-electron chi connectivity index (χ3n) is 3.76. The third kappa shape index (κ3) is 1.44. The van der Waals surface area contributed by atoms with Crippen LogP contribution in [0.3, 0.4) is 0 Å². The van der Waals surface area contributed by atoms with Gasteiger partial charge in [0, 0.05) is 14.2 Å². The Balaban J connectivity index is 1.95. The molecule has 0 radical (unpaired) electrons. The molecule has 0 fully saturated rings. The number of allylic oxidation sites excluding steroid dienone is 4. The molecule has 0 N–H and O–H groups in total. The lowest BCUT2D eigenvalue weighted by Gasteiger charge is -2.36. The Morgan fingerprint density at radius 1 is 1.19 bits per heavy atom. The van der Waals surface area contributed by atoms with Crippen LogP contribution in [-0.4, -0.2) is 12.1 Å². The van der Waals surface area contributed by atoms with Gasteiger partial charge in [-0.3, -0.25) is 4.79 Å². The second-order valence-electron chi connectivity index (χ2n) is 4.73. The van der Waals surface area contributed by atoms with Crippen LogP contribution in [0, 0.1) is 23.7 Å². The van der Waals surface area contributed by atoms with Crippen LogP contribution in [0.25, 0.3) is 0 Å². The molecule has 2 bridgehead atoms.